The molecular weight excluding hydrogens is 350 g/mol. The Morgan fingerprint density at radius 2 is 1.92 bits per heavy atom. The van der Waals surface area contributed by atoms with E-state index in [4.69, 9.17) is 5.26 Å². The van der Waals surface area contributed by atoms with Crippen LogP contribution in [0.1, 0.15) is 26.7 Å². The van der Waals surface area contributed by atoms with E-state index in [0.29, 0.717) is 19.4 Å². The minimum absolute atomic E-state index is 0.176. The summed E-state index contributed by atoms with van der Waals surface area (Å²) in [5.41, 5.74) is -1.04. The third kappa shape index (κ3) is 3.43. The van der Waals surface area contributed by atoms with Crippen LogP contribution in [0, 0.1) is 11.3 Å². The largest absolute Gasteiger partial charge is 0.337 e. The molecule has 6 nitrogen and oxygen atoms in total. The number of sulfonamides is 1. The average molecular weight is 371 g/mol. The molecule has 0 unspecified atom stereocenters. The molecule has 2 aromatic rings. The Balaban J connectivity index is 1.92. The summed E-state index contributed by atoms with van der Waals surface area (Å²) in [5.74, 6) is -0.432. The zero-order chi connectivity index (χ0) is 18.9. The molecular formula is C19H21N3O3S. The lowest BCUT2D eigenvalue weighted by molar-refractivity contribution is -0.125. The molecule has 1 atom stereocenters. The molecule has 1 fully saturated rings. The normalized spacial score (nSPS) is 18.6. The first-order valence-corrected chi connectivity index (χ1v) is 9.92. The Morgan fingerprint density at radius 1 is 1.23 bits per heavy atom. The van der Waals surface area contributed by atoms with Crippen LogP contribution in [0.25, 0.3) is 10.8 Å². The van der Waals surface area contributed by atoms with Crippen molar-refractivity contribution in [2.75, 3.05) is 6.54 Å². The summed E-state index contributed by atoms with van der Waals surface area (Å²) in [5, 5.41) is 13.5. The highest BCUT2D eigenvalue weighted by Gasteiger charge is 2.40. The molecule has 7 heteroatoms. The number of nitrogens with one attached hydrogen (secondary N) is 1. The molecule has 1 heterocycles. The number of carbonyl (C=O) groups is 1. The van der Waals surface area contributed by atoms with Gasteiger partial charge in [-0.3, -0.25) is 4.79 Å². The van der Waals surface area contributed by atoms with Crippen molar-refractivity contribution in [3.63, 3.8) is 0 Å². The molecule has 3 rings (SSSR count). The molecule has 1 aliphatic heterocycles. The van der Waals surface area contributed by atoms with Crippen LogP contribution in [0.4, 0.5) is 0 Å². The van der Waals surface area contributed by atoms with Gasteiger partial charge in [-0.05, 0) is 49.6 Å². The number of rotatable bonds is 4. The summed E-state index contributed by atoms with van der Waals surface area (Å²) in [6, 6.07) is 13.7. The molecule has 136 valence electrons. The summed E-state index contributed by atoms with van der Waals surface area (Å²) in [6.07, 6.45) is 1.05. The predicted octanol–water partition coefficient (Wildman–Crippen LogP) is 2.41. The molecule has 2 aromatic carbocycles. The molecule has 0 aliphatic carbocycles. The quantitative estimate of drug-likeness (QED) is 0.894. The second kappa shape index (κ2) is 6.71. The zero-order valence-corrected chi connectivity index (χ0v) is 15.6. The van der Waals surface area contributed by atoms with Crippen molar-refractivity contribution in [3.8, 4) is 6.07 Å². The summed E-state index contributed by atoms with van der Waals surface area (Å²) in [6.45, 7) is 3.46. The van der Waals surface area contributed by atoms with Gasteiger partial charge < -0.3 is 5.32 Å². The average Bonchev–Trinajstić information content (AvgIpc) is 3.12. The van der Waals surface area contributed by atoms with Crippen LogP contribution in [0.15, 0.2) is 47.4 Å². The summed E-state index contributed by atoms with van der Waals surface area (Å²) < 4.78 is 27.5. The van der Waals surface area contributed by atoms with Crippen molar-refractivity contribution >= 4 is 26.7 Å². The van der Waals surface area contributed by atoms with Gasteiger partial charge in [0.05, 0.1) is 11.0 Å². The Kier molecular flexibility index (Phi) is 4.74. The maximum absolute atomic E-state index is 13.1. The van der Waals surface area contributed by atoms with Crippen LogP contribution >= 0.6 is 0 Å². The Labute approximate surface area is 153 Å². The maximum atomic E-state index is 13.1. The predicted molar refractivity (Wildman–Crippen MR) is 98.7 cm³/mol. The van der Waals surface area contributed by atoms with E-state index in [-0.39, 0.29) is 4.90 Å². The first-order chi connectivity index (χ1) is 12.2. The van der Waals surface area contributed by atoms with Crippen molar-refractivity contribution in [3.05, 3.63) is 42.5 Å². The third-order valence-corrected chi connectivity index (χ3v) is 6.45. The van der Waals surface area contributed by atoms with E-state index in [9.17, 15) is 13.2 Å². The third-order valence-electron chi connectivity index (χ3n) is 4.55. The minimum Gasteiger partial charge on any atom is -0.337 e. The topological polar surface area (TPSA) is 90.3 Å². The van der Waals surface area contributed by atoms with Crippen LogP contribution in [0.2, 0.25) is 0 Å². The van der Waals surface area contributed by atoms with Gasteiger partial charge in [-0.25, -0.2) is 8.42 Å². The lowest BCUT2D eigenvalue weighted by Crippen LogP contribution is -2.51. The number of nitriles is 1. The Bertz CT molecular complexity index is 993. The number of amides is 1. The summed E-state index contributed by atoms with van der Waals surface area (Å²) >= 11 is 0. The lowest BCUT2D eigenvalue weighted by atomic mass is 10.1. The molecule has 0 saturated carbocycles. The highest BCUT2D eigenvalue weighted by molar-refractivity contribution is 7.89. The smallest absolute Gasteiger partial charge is 0.243 e. The number of fused-ring (bicyclic) bond motifs is 1. The number of benzene rings is 2. The fourth-order valence-corrected chi connectivity index (χ4v) is 4.86. The molecule has 0 spiro atoms. The number of carbonyl (C=O) groups excluding carboxylic acids is 1. The first-order valence-electron chi connectivity index (χ1n) is 8.48. The molecule has 1 saturated heterocycles. The molecule has 26 heavy (non-hydrogen) atoms. The van der Waals surface area contributed by atoms with E-state index in [1.165, 1.54) is 4.31 Å². The van der Waals surface area contributed by atoms with E-state index < -0.39 is 27.5 Å². The Morgan fingerprint density at radius 3 is 2.62 bits per heavy atom. The van der Waals surface area contributed by atoms with E-state index >= 15 is 0 Å². The van der Waals surface area contributed by atoms with Gasteiger partial charge in [0.2, 0.25) is 15.9 Å². The summed E-state index contributed by atoms with van der Waals surface area (Å²) in [4.78, 5) is 12.7. The standard InChI is InChI=1S/C19H21N3O3S/c1-19(2,13-20)21-18(23)17-8-5-11-22(17)26(24,25)16-10-9-14-6-3-4-7-15(14)12-16/h3-4,6-7,9-10,12,17H,5,8,11H2,1-2H3,(H,21,23)/t17-/m0/s1. The molecule has 1 aliphatic rings. The van der Waals surface area contributed by atoms with Gasteiger partial charge in [0.25, 0.3) is 0 Å². The highest BCUT2D eigenvalue weighted by atomic mass is 32.2. The molecule has 1 amide bonds. The zero-order valence-electron chi connectivity index (χ0n) is 14.8. The molecule has 0 bridgehead atoms. The van der Waals surface area contributed by atoms with Gasteiger partial charge in [-0.1, -0.05) is 30.3 Å². The van der Waals surface area contributed by atoms with Crippen molar-refractivity contribution in [1.82, 2.24) is 9.62 Å². The lowest BCUT2D eigenvalue weighted by Gasteiger charge is -2.26. The van der Waals surface area contributed by atoms with Crippen LogP contribution < -0.4 is 5.32 Å². The van der Waals surface area contributed by atoms with Crippen LogP contribution in [-0.2, 0) is 14.8 Å². The molecule has 0 aromatic heterocycles. The van der Waals surface area contributed by atoms with Crippen molar-refractivity contribution in [1.29, 1.82) is 5.26 Å². The van der Waals surface area contributed by atoms with E-state index in [2.05, 4.69) is 5.32 Å². The number of hydrogen-bond acceptors (Lipinski definition) is 4. The van der Waals surface area contributed by atoms with Crippen molar-refractivity contribution < 1.29 is 13.2 Å². The van der Waals surface area contributed by atoms with Gasteiger partial charge in [-0.15, -0.1) is 0 Å². The SMILES string of the molecule is CC(C)(C#N)NC(=O)[C@@H]1CCCN1S(=O)(=O)c1ccc2ccccc2c1. The second-order valence-corrected chi connectivity index (χ2v) is 8.90. The Hall–Kier alpha value is -2.43. The first kappa shape index (κ1) is 18.4. The maximum Gasteiger partial charge on any atom is 0.243 e. The number of hydrogen-bond donors (Lipinski definition) is 1. The van der Waals surface area contributed by atoms with Crippen molar-refractivity contribution in [2.24, 2.45) is 0 Å². The van der Waals surface area contributed by atoms with Gasteiger partial charge in [0.1, 0.15) is 11.6 Å². The number of nitrogens with zero attached hydrogens (tertiary/aromatic N) is 2. The fraction of sp³-hybridized carbons (Fsp3) is 0.368. The van der Waals surface area contributed by atoms with Crippen molar-refractivity contribution in [2.45, 2.75) is 43.2 Å². The second-order valence-electron chi connectivity index (χ2n) is 7.01. The minimum atomic E-state index is -3.80. The van der Waals surface area contributed by atoms with Crippen LogP contribution in [0.5, 0.6) is 0 Å². The van der Waals surface area contributed by atoms with E-state index in [0.717, 1.165) is 10.8 Å². The monoisotopic (exact) mass is 371 g/mol. The highest BCUT2D eigenvalue weighted by Crippen LogP contribution is 2.28. The van der Waals surface area contributed by atoms with Gasteiger partial charge >= 0.3 is 0 Å². The summed E-state index contributed by atoms with van der Waals surface area (Å²) in [7, 11) is -3.80. The van der Waals surface area contributed by atoms with Gasteiger partial charge in [0.15, 0.2) is 0 Å². The van der Waals surface area contributed by atoms with E-state index in [1.54, 1.807) is 32.0 Å². The molecule has 1 N–H and O–H groups in total. The van der Waals surface area contributed by atoms with Gasteiger partial charge in [-0.2, -0.15) is 9.57 Å². The molecule has 0 radical (unpaired) electrons. The fourth-order valence-electron chi connectivity index (χ4n) is 3.17. The van der Waals surface area contributed by atoms with Crippen LogP contribution in [0.3, 0.4) is 0 Å². The van der Waals surface area contributed by atoms with Crippen LogP contribution in [-0.4, -0.2) is 36.8 Å². The van der Waals surface area contributed by atoms with E-state index in [1.807, 2.05) is 30.3 Å². The van der Waals surface area contributed by atoms with Gasteiger partial charge in [0, 0.05) is 6.54 Å².